The van der Waals surface area contributed by atoms with Crippen LogP contribution in [0.1, 0.15) is 66.0 Å². The number of nitrogens with one attached hydrogen (secondary N) is 1. The van der Waals surface area contributed by atoms with E-state index in [4.69, 9.17) is 14.1 Å². The molecule has 1 saturated heterocycles. The third-order valence-electron chi connectivity index (χ3n) is 9.53. The fourth-order valence-corrected chi connectivity index (χ4v) is 7.17. The molecule has 39 heavy (non-hydrogen) atoms. The molecule has 2 aromatic rings. The van der Waals surface area contributed by atoms with Crippen molar-refractivity contribution in [1.82, 2.24) is 10.3 Å². The van der Waals surface area contributed by atoms with E-state index in [0.29, 0.717) is 35.6 Å². The van der Waals surface area contributed by atoms with E-state index >= 15 is 0 Å². The van der Waals surface area contributed by atoms with Gasteiger partial charge in [0.05, 0.1) is 23.3 Å². The Morgan fingerprint density at radius 1 is 1.18 bits per heavy atom. The minimum absolute atomic E-state index is 0.0601. The Bertz CT molecular complexity index is 1290. The lowest BCUT2D eigenvalue weighted by molar-refractivity contribution is -0.199. The fraction of sp³-hybridized carbons (Fsp3) is 0.567. The molecule has 0 spiro atoms. The third-order valence-corrected chi connectivity index (χ3v) is 9.53. The van der Waals surface area contributed by atoms with Crippen LogP contribution in [0.5, 0.6) is 0 Å². The average Bonchev–Trinajstić information content (AvgIpc) is 3.53. The van der Waals surface area contributed by atoms with Gasteiger partial charge in [0.1, 0.15) is 11.5 Å². The summed E-state index contributed by atoms with van der Waals surface area (Å²) in [5.41, 5.74) is 2.72. The molecule has 7 nitrogen and oxygen atoms in total. The maximum atomic E-state index is 13.6. The van der Waals surface area contributed by atoms with Crippen LogP contribution in [-0.2, 0) is 18.9 Å². The molecule has 4 fully saturated rings. The zero-order valence-electron chi connectivity index (χ0n) is 23.3. The van der Waals surface area contributed by atoms with Crippen molar-refractivity contribution in [2.24, 2.45) is 28.3 Å². The predicted molar refractivity (Wildman–Crippen MR) is 147 cm³/mol. The second-order valence-corrected chi connectivity index (χ2v) is 12.9. The van der Waals surface area contributed by atoms with Crippen LogP contribution in [-0.4, -0.2) is 47.5 Å². The van der Waals surface area contributed by atoms with Gasteiger partial charge in [-0.1, -0.05) is 51.0 Å². The molecule has 9 heteroatoms. The van der Waals surface area contributed by atoms with Gasteiger partial charge in [-0.05, 0) is 73.1 Å². The van der Waals surface area contributed by atoms with E-state index < -0.39 is 13.2 Å². The van der Waals surface area contributed by atoms with E-state index in [2.05, 4.69) is 50.1 Å². The van der Waals surface area contributed by atoms with Crippen LogP contribution in [0.3, 0.4) is 0 Å². The lowest BCUT2D eigenvalue weighted by Gasteiger charge is -2.64. The Hall–Kier alpha value is -2.78. The predicted octanol–water partition coefficient (Wildman–Crippen LogP) is 5.18. The van der Waals surface area contributed by atoms with Gasteiger partial charge in [-0.3, -0.25) is 9.78 Å². The second-order valence-electron chi connectivity index (χ2n) is 12.9. The standard InChI is InChI=1S/C30H37BFN3O4/c1-17(2)11-27(31-37-26-14-20-13-25(29(20,3)4)30(26,5)39-31)34-28(36)24-15-23(35-38-24)22-10-9-19(16-33-22)18-7-6-8-21(32)12-18/h6-10,12,16-17,20,24-27H,11,13-15H2,1-5H3,(H,34,36)/t20-,24?,25-,26+,27-,30-/m0/s1. The largest absolute Gasteiger partial charge is 0.481 e. The van der Waals surface area contributed by atoms with E-state index in [-0.39, 0.29) is 34.8 Å². The van der Waals surface area contributed by atoms with Crippen molar-refractivity contribution in [2.45, 2.75) is 84.1 Å². The number of benzene rings is 1. The van der Waals surface area contributed by atoms with E-state index in [1.165, 1.54) is 18.6 Å². The van der Waals surface area contributed by atoms with Crippen LogP contribution >= 0.6 is 0 Å². The maximum absolute atomic E-state index is 13.6. The Morgan fingerprint density at radius 2 is 2.00 bits per heavy atom. The molecule has 1 N–H and O–H groups in total. The Labute approximate surface area is 230 Å². The van der Waals surface area contributed by atoms with Crippen molar-refractivity contribution in [2.75, 3.05) is 0 Å². The smallest absolute Gasteiger partial charge is 0.404 e. The number of nitrogens with zero attached hydrogens (tertiary/aromatic N) is 2. The highest BCUT2D eigenvalue weighted by Crippen LogP contribution is 2.65. The quantitative estimate of drug-likeness (QED) is 0.496. The van der Waals surface area contributed by atoms with Crippen molar-refractivity contribution in [3.8, 4) is 11.1 Å². The number of pyridine rings is 1. The monoisotopic (exact) mass is 533 g/mol. The first-order chi connectivity index (χ1) is 18.5. The Balaban J connectivity index is 1.10. The molecule has 206 valence electrons. The van der Waals surface area contributed by atoms with Crippen molar-refractivity contribution < 1.29 is 23.3 Å². The SMILES string of the molecule is CC(C)C[C@H](NC(=O)C1CC(c2ccc(-c3cccc(F)c3)cn2)=NO1)B1O[C@@H]2C[C@@H]3C[C@@H](C3(C)C)[C@]2(C)O1. The van der Waals surface area contributed by atoms with Crippen molar-refractivity contribution in [3.63, 3.8) is 0 Å². The van der Waals surface area contributed by atoms with Gasteiger partial charge in [-0.2, -0.15) is 0 Å². The van der Waals surface area contributed by atoms with E-state index in [1.807, 2.05) is 18.2 Å². The molecule has 3 aliphatic carbocycles. The van der Waals surface area contributed by atoms with E-state index in [9.17, 15) is 9.18 Å². The Kier molecular flexibility index (Phi) is 6.58. The van der Waals surface area contributed by atoms with E-state index in [1.54, 1.807) is 12.3 Å². The number of carbonyl (C=O) groups is 1. The molecule has 5 aliphatic rings. The number of oxime groups is 1. The first-order valence-corrected chi connectivity index (χ1v) is 14.1. The lowest BCUT2D eigenvalue weighted by Crippen LogP contribution is -2.65. The molecule has 0 radical (unpaired) electrons. The van der Waals surface area contributed by atoms with Crippen LogP contribution in [0.4, 0.5) is 4.39 Å². The van der Waals surface area contributed by atoms with Gasteiger partial charge in [0.25, 0.3) is 5.91 Å². The number of carbonyl (C=O) groups excluding carboxylic acids is 1. The normalized spacial score (nSPS) is 31.3. The molecule has 7 rings (SSSR count). The molecular formula is C30H37BFN3O4. The van der Waals surface area contributed by atoms with Gasteiger partial charge in [-0.15, -0.1) is 0 Å². The third kappa shape index (κ3) is 4.67. The number of halogens is 1. The molecular weight excluding hydrogens is 496 g/mol. The van der Waals surface area contributed by atoms with Crippen LogP contribution in [0.15, 0.2) is 47.8 Å². The van der Waals surface area contributed by atoms with Gasteiger partial charge in [0.15, 0.2) is 0 Å². The molecule has 1 aromatic carbocycles. The lowest BCUT2D eigenvalue weighted by atomic mass is 9.43. The highest BCUT2D eigenvalue weighted by Gasteiger charge is 2.68. The number of hydrogen-bond acceptors (Lipinski definition) is 6. The van der Waals surface area contributed by atoms with Crippen molar-refractivity contribution in [3.05, 3.63) is 54.1 Å². The zero-order chi connectivity index (χ0) is 27.5. The van der Waals surface area contributed by atoms with Crippen LogP contribution < -0.4 is 5.32 Å². The van der Waals surface area contributed by atoms with Crippen LogP contribution in [0.25, 0.3) is 11.1 Å². The minimum Gasteiger partial charge on any atom is -0.404 e. The summed E-state index contributed by atoms with van der Waals surface area (Å²) in [6.45, 7) is 11.2. The molecule has 1 amide bonds. The summed E-state index contributed by atoms with van der Waals surface area (Å²) in [6.07, 6.45) is 4.24. The molecule has 2 bridgehead atoms. The highest BCUT2D eigenvalue weighted by molar-refractivity contribution is 6.48. The van der Waals surface area contributed by atoms with Gasteiger partial charge >= 0.3 is 7.12 Å². The topological polar surface area (TPSA) is 82.0 Å². The number of rotatable bonds is 7. The summed E-state index contributed by atoms with van der Waals surface area (Å²) in [6, 6.07) is 10.1. The highest BCUT2D eigenvalue weighted by atomic mass is 19.1. The van der Waals surface area contributed by atoms with Gasteiger partial charge in [0, 0.05) is 18.2 Å². The zero-order valence-corrected chi connectivity index (χ0v) is 23.3. The number of hydrogen-bond donors (Lipinski definition) is 1. The molecule has 3 heterocycles. The average molecular weight is 533 g/mol. The minimum atomic E-state index is -0.745. The van der Waals surface area contributed by atoms with Crippen molar-refractivity contribution in [1.29, 1.82) is 0 Å². The summed E-state index contributed by atoms with van der Waals surface area (Å²) in [5, 5.41) is 7.34. The summed E-state index contributed by atoms with van der Waals surface area (Å²) in [7, 11) is -0.486. The first kappa shape index (κ1) is 26.4. The molecule has 3 saturated carbocycles. The van der Waals surface area contributed by atoms with Gasteiger partial charge in [0.2, 0.25) is 6.10 Å². The Morgan fingerprint density at radius 3 is 2.69 bits per heavy atom. The summed E-state index contributed by atoms with van der Waals surface area (Å²) in [5.74, 6) is 0.670. The fourth-order valence-electron chi connectivity index (χ4n) is 7.17. The van der Waals surface area contributed by atoms with Gasteiger partial charge in [-0.25, -0.2) is 4.39 Å². The maximum Gasteiger partial charge on any atom is 0.481 e. The number of amides is 1. The van der Waals surface area contributed by atoms with Crippen molar-refractivity contribution >= 4 is 18.7 Å². The van der Waals surface area contributed by atoms with E-state index in [0.717, 1.165) is 24.0 Å². The van der Waals surface area contributed by atoms with Crippen LogP contribution in [0, 0.1) is 29.0 Å². The second kappa shape index (κ2) is 9.70. The molecule has 1 unspecified atom stereocenters. The summed E-state index contributed by atoms with van der Waals surface area (Å²) in [4.78, 5) is 23.4. The van der Waals surface area contributed by atoms with Gasteiger partial charge < -0.3 is 19.5 Å². The summed E-state index contributed by atoms with van der Waals surface area (Å²) >= 11 is 0. The molecule has 1 aromatic heterocycles. The first-order valence-electron chi connectivity index (χ1n) is 14.1. The number of aromatic nitrogens is 1. The summed E-state index contributed by atoms with van der Waals surface area (Å²) < 4.78 is 26.8. The van der Waals surface area contributed by atoms with Crippen LogP contribution in [0.2, 0.25) is 0 Å². The molecule has 6 atom stereocenters. The molecule has 2 aliphatic heterocycles.